The van der Waals surface area contributed by atoms with Gasteiger partial charge in [0.25, 0.3) is 0 Å². The molecule has 0 aromatic heterocycles. The van der Waals surface area contributed by atoms with Gasteiger partial charge in [-0.15, -0.1) is 0 Å². The number of carbonyl (C=O) groups is 1. The molecule has 15 heavy (non-hydrogen) atoms. The van der Waals surface area contributed by atoms with E-state index in [1.165, 1.54) is 0 Å². The van der Waals surface area contributed by atoms with Crippen LogP contribution in [-0.4, -0.2) is 18.5 Å². The molecule has 0 aliphatic rings. The summed E-state index contributed by atoms with van der Waals surface area (Å²) in [5, 5.41) is 3.37. The van der Waals surface area contributed by atoms with E-state index >= 15 is 0 Å². The Morgan fingerprint density at radius 2 is 1.87 bits per heavy atom. The summed E-state index contributed by atoms with van der Waals surface area (Å²) in [6, 6.07) is 9.53. The third kappa shape index (κ3) is 2.59. The summed E-state index contributed by atoms with van der Waals surface area (Å²) in [4.78, 5) is 11.0. The molecule has 1 aromatic rings. The number of para-hydroxylation sites is 1. The Kier molecular flexibility index (Phi) is 3.92. The SMILES string of the molecule is C/C=C(/C)N(C)N(C=O)c1ccccc1. The molecule has 1 rings (SSSR count). The normalized spacial score (nSPS) is 11.0. The highest BCUT2D eigenvalue weighted by molar-refractivity contribution is 5.73. The number of nitrogens with zero attached hydrogens (tertiary/aromatic N) is 2. The monoisotopic (exact) mass is 204 g/mol. The highest BCUT2D eigenvalue weighted by Crippen LogP contribution is 2.15. The molecule has 0 bridgehead atoms. The Morgan fingerprint density at radius 3 is 2.33 bits per heavy atom. The molecule has 3 nitrogen and oxygen atoms in total. The van der Waals surface area contributed by atoms with Gasteiger partial charge in [0, 0.05) is 12.7 Å². The van der Waals surface area contributed by atoms with E-state index in [1.54, 1.807) is 5.01 Å². The van der Waals surface area contributed by atoms with Crippen LogP contribution in [0.25, 0.3) is 0 Å². The fourth-order valence-electron chi connectivity index (χ4n) is 1.24. The van der Waals surface area contributed by atoms with Crippen molar-refractivity contribution in [3.63, 3.8) is 0 Å². The van der Waals surface area contributed by atoms with Crippen LogP contribution in [0.5, 0.6) is 0 Å². The Bertz CT molecular complexity index is 346. The molecule has 1 amide bonds. The molecule has 1 aromatic carbocycles. The predicted octanol–water partition coefficient (Wildman–Crippen LogP) is 2.42. The van der Waals surface area contributed by atoms with Crippen molar-refractivity contribution in [1.29, 1.82) is 0 Å². The van der Waals surface area contributed by atoms with Gasteiger partial charge in [0.2, 0.25) is 6.41 Å². The molecule has 0 aliphatic carbocycles. The van der Waals surface area contributed by atoms with Crippen molar-refractivity contribution in [2.45, 2.75) is 13.8 Å². The van der Waals surface area contributed by atoms with Crippen LogP contribution in [0.2, 0.25) is 0 Å². The number of hydrazine groups is 1. The van der Waals surface area contributed by atoms with E-state index in [2.05, 4.69) is 0 Å². The molecule has 3 heteroatoms. The number of rotatable bonds is 4. The molecule has 0 spiro atoms. The first-order chi connectivity index (χ1) is 7.20. The zero-order chi connectivity index (χ0) is 11.3. The van der Waals surface area contributed by atoms with Gasteiger partial charge in [-0.1, -0.05) is 24.3 Å². The average molecular weight is 204 g/mol. The second-order valence-corrected chi connectivity index (χ2v) is 3.24. The molecule has 0 fully saturated rings. The second kappa shape index (κ2) is 5.20. The Labute approximate surface area is 90.6 Å². The Hall–Kier alpha value is -1.77. The quantitative estimate of drug-likeness (QED) is 0.555. The third-order valence-corrected chi connectivity index (χ3v) is 2.37. The van der Waals surface area contributed by atoms with Crippen molar-refractivity contribution in [3.8, 4) is 0 Å². The molecule has 0 N–H and O–H groups in total. The number of hydrogen-bond acceptors (Lipinski definition) is 2. The summed E-state index contributed by atoms with van der Waals surface area (Å²) in [5.74, 6) is 0. The van der Waals surface area contributed by atoms with Crippen molar-refractivity contribution < 1.29 is 4.79 Å². The molecular formula is C12H16N2O. The molecule has 80 valence electrons. The Morgan fingerprint density at radius 1 is 1.27 bits per heavy atom. The lowest BCUT2D eigenvalue weighted by molar-refractivity contribution is -0.109. The van der Waals surface area contributed by atoms with Crippen LogP contribution >= 0.6 is 0 Å². The minimum absolute atomic E-state index is 0.808. The summed E-state index contributed by atoms with van der Waals surface area (Å²) in [5.41, 5.74) is 1.88. The van der Waals surface area contributed by atoms with Crippen LogP contribution < -0.4 is 5.01 Å². The lowest BCUT2D eigenvalue weighted by Crippen LogP contribution is -2.37. The smallest absolute Gasteiger partial charge is 0.233 e. The molecule has 0 unspecified atom stereocenters. The van der Waals surface area contributed by atoms with E-state index in [-0.39, 0.29) is 0 Å². The highest BCUT2D eigenvalue weighted by atomic mass is 16.1. The van der Waals surface area contributed by atoms with Crippen LogP contribution in [0.15, 0.2) is 42.1 Å². The van der Waals surface area contributed by atoms with E-state index in [9.17, 15) is 4.79 Å². The predicted molar refractivity (Wildman–Crippen MR) is 62.2 cm³/mol. The van der Waals surface area contributed by atoms with Crippen molar-refractivity contribution in [2.75, 3.05) is 12.1 Å². The first-order valence-corrected chi connectivity index (χ1v) is 4.87. The number of anilines is 1. The number of hydrogen-bond donors (Lipinski definition) is 0. The van der Waals surface area contributed by atoms with Crippen molar-refractivity contribution in [1.82, 2.24) is 5.01 Å². The molecule has 0 heterocycles. The second-order valence-electron chi connectivity index (χ2n) is 3.24. The fraction of sp³-hybridized carbons (Fsp3) is 0.250. The topological polar surface area (TPSA) is 23.6 Å². The summed E-state index contributed by atoms with van der Waals surface area (Å²) in [6.07, 6.45) is 2.77. The van der Waals surface area contributed by atoms with Gasteiger partial charge in [-0.25, -0.2) is 5.01 Å². The summed E-state index contributed by atoms with van der Waals surface area (Å²) < 4.78 is 0. The standard InChI is InChI=1S/C12H16N2O/c1-4-11(2)13(3)14(10-15)12-8-6-5-7-9-12/h4-10H,1-3H3/b11-4-. The zero-order valence-corrected chi connectivity index (χ0v) is 9.34. The largest absolute Gasteiger partial charge is 0.286 e. The maximum Gasteiger partial charge on any atom is 0.233 e. The van der Waals surface area contributed by atoms with Gasteiger partial charge in [-0.05, 0) is 26.0 Å². The number of carbonyl (C=O) groups excluding carboxylic acids is 1. The molecule has 0 saturated carbocycles. The first-order valence-electron chi connectivity index (χ1n) is 4.87. The summed E-state index contributed by atoms with van der Waals surface area (Å²) in [6.45, 7) is 3.90. The molecule has 0 atom stereocenters. The van der Waals surface area contributed by atoms with Crippen LogP contribution in [0.4, 0.5) is 5.69 Å². The minimum atomic E-state index is 0.808. The van der Waals surface area contributed by atoms with Gasteiger partial charge in [0.1, 0.15) is 0 Å². The minimum Gasteiger partial charge on any atom is -0.286 e. The van der Waals surface area contributed by atoms with Crippen LogP contribution in [0.1, 0.15) is 13.8 Å². The van der Waals surface area contributed by atoms with E-state index in [1.807, 2.05) is 62.3 Å². The van der Waals surface area contributed by atoms with E-state index in [4.69, 9.17) is 0 Å². The molecule has 0 radical (unpaired) electrons. The van der Waals surface area contributed by atoms with Crippen LogP contribution in [-0.2, 0) is 4.79 Å². The van der Waals surface area contributed by atoms with Gasteiger partial charge < -0.3 is 0 Å². The maximum atomic E-state index is 11.0. The summed E-state index contributed by atoms with van der Waals surface area (Å²) >= 11 is 0. The third-order valence-electron chi connectivity index (χ3n) is 2.37. The van der Waals surface area contributed by atoms with E-state index in [0.29, 0.717) is 0 Å². The van der Waals surface area contributed by atoms with Crippen LogP contribution in [0.3, 0.4) is 0 Å². The van der Waals surface area contributed by atoms with Gasteiger partial charge in [-0.3, -0.25) is 9.80 Å². The first kappa shape index (κ1) is 11.3. The highest BCUT2D eigenvalue weighted by Gasteiger charge is 2.10. The molecule has 0 aliphatic heterocycles. The maximum absolute atomic E-state index is 11.0. The fourth-order valence-corrected chi connectivity index (χ4v) is 1.24. The lowest BCUT2D eigenvalue weighted by atomic mass is 10.3. The summed E-state index contributed by atoms with van der Waals surface area (Å²) in [7, 11) is 1.86. The van der Waals surface area contributed by atoms with Crippen molar-refractivity contribution >= 4 is 12.1 Å². The lowest BCUT2D eigenvalue weighted by Gasteiger charge is -2.30. The number of amides is 1. The van der Waals surface area contributed by atoms with Crippen molar-refractivity contribution in [3.05, 3.63) is 42.1 Å². The van der Waals surface area contributed by atoms with Gasteiger partial charge >= 0.3 is 0 Å². The van der Waals surface area contributed by atoms with E-state index in [0.717, 1.165) is 17.8 Å². The Balaban J connectivity index is 2.95. The van der Waals surface area contributed by atoms with Gasteiger partial charge in [-0.2, -0.15) is 0 Å². The van der Waals surface area contributed by atoms with Crippen molar-refractivity contribution in [2.24, 2.45) is 0 Å². The van der Waals surface area contributed by atoms with Crippen LogP contribution in [0, 0.1) is 0 Å². The van der Waals surface area contributed by atoms with E-state index < -0.39 is 0 Å². The van der Waals surface area contributed by atoms with Gasteiger partial charge in [0.05, 0.1) is 5.69 Å². The number of benzene rings is 1. The molecule has 0 saturated heterocycles. The van der Waals surface area contributed by atoms with Gasteiger partial charge in [0.15, 0.2) is 0 Å². The average Bonchev–Trinajstić information content (AvgIpc) is 2.30. The molecular weight excluding hydrogens is 188 g/mol. The zero-order valence-electron chi connectivity index (χ0n) is 9.34. The number of allylic oxidation sites excluding steroid dienone is 2.